The van der Waals surface area contributed by atoms with Crippen LogP contribution < -0.4 is 0 Å². The third kappa shape index (κ3) is 3.84. The first-order valence-corrected chi connectivity index (χ1v) is 9.06. The second-order valence-corrected chi connectivity index (χ2v) is 6.75. The summed E-state index contributed by atoms with van der Waals surface area (Å²) < 4.78 is 0. The van der Waals surface area contributed by atoms with Gasteiger partial charge in [0.1, 0.15) is 10.8 Å². The van der Waals surface area contributed by atoms with E-state index in [-0.39, 0.29) is 0 Å². The van der Waals surface area contributed by atoms with Crippen molar-refractivity contribution in [3.63, 3.8) is 0 Å². The van der Waals surface area contributed by atoms with Crippen LogP contribution in [0, 0.1) is 12.3 Å². The molecule has 4 rings (SSSR count). The van der Waals surface area contributed by atoms with Gasteiger partial charge in [-0.2, -0.15) is 0 Å². The highest BCUT2D eigenvalue weighted by Gasteiger charge is 2.09. The zero-order chi connectivity index (χ0) is 18.6. The Labute approximate surface area is 162 Å². The van der Waals surface area contributed by atoms with Gasteiger partial charge in [-0.25, -0.2) is 9.97 Å². The SMILES string of the molecule is C#Cc1ccnc2[nH]cc(Cc3ccc(CCc4ccc(Cl)nc4)nc3)c12. The van der Waals surface area contributed by atoms with Crippen molar-refractivity contribution in [2.24, 2.45) is 0 Å². The Morgan fingerprint density at radius 3 is 2.56 bits per heavy atom. The lowest BCUT2D eigenvalue weighted by atomic mass is 10.0. The van der Waals surface area contributed by atoms with Crippen LogP contribution in [-0.2, 0) is 19.3 Å². The number of halogens is 1. The van der Waals surface area contributed by atoms with E-state index in [4.69, 9.17) is 18.0 Å². The third-order valence-corrected chi connectivity index (χ3v) is 4.77. The number of hydrogen-bond acceptors (Lipinski definition) is 3. The number of pyridine rings is 3. The number of aromatic nitrogens is 4. The van der Waals surface area contributed by atoms with Gasteiger partial charge in [-0.1, -0.05) is 29.7 Å². The first-order valence-electron chi connectivity index (χ1n) is 8.69. The molecule has 0 bridgehead atoms. The molecule has 0 aliphatic carbocycles. The molecule has 0 amide bonds. The number of rotatable bonds is 5. The Balaban J connectivity index is 1.47. The largest absolute Gasteiger partial charge is 0.346 e. The van der Waals surface area contributed by atoms with Crippen LogP contribution in [0.2, 0.25) is 5.15 Å². The monoisotopic (exact) mass is 372 g/mol. The quantitative estimate of drug-likeness (QED) is 0.418. The minimum Gasteiger partial charge on any atom is -0.346 e. The topological polar surface area (TPSA) is 54.5 Å². The molecule has 0 aliphatic rings. The minimum atomic E-state index is 0.515. The van der Waals surface area contributed by atoms with Crippen LogP contribution in [0.3, 0.4) is 0 Å². The number of H-pyrrole nitrogens is 1. The third-order valence-electron chi connectivity index (χ3n) is 4.55. The number of nitrogens with one attached hydrogen (secondary N) is 1. The summed E-state index contributed by atoms with van der Waals surface area (Å²) in [7, 11) is 0. The first kappa shape index (κ1) is 17.3. The van der Waals surface area contributed by atoms with E-state index in [2.05, 4.69) is 38.0 Å². The summed E-state index contributed by atoms with van der Waals surface area (Å²) in [5.74, 6) is 2.74. The summed E-state index contributed by atoms with van der Waals surface area (Å²) in [6.45, 7) is 0. The molecule has 0 atom stereocenters. The predicted octanol–water partition coefficient (Wildman–Crippen LogP) is 4.36. The van der Waals surface area contributed by atoms with Crippen molar-refractivity contribution in [1.82, 2.24) is 19.9 Å². The average Bonchev–Trinajstić information content (AvgIpc) is 3.12. The molecule has 4 aromatic heterocycles. The first-order chi connectivity index (χ1) is 13.2. The fourth-order valence-electron chi connectivity index (χ4n) is 3.14. The van der Waals surface area contributed by atoms with Gasteiger partial charge in [-0.05, 0) is 47.7 Å². The highest BCUT2D eigenvalue weighted by Crippen LogP contribution is 2.23. The van der Waals surface area contributed by atoms with Crippen LogP contribution in [0.15, 0.2) is 55.1 Å². The Kier molecular flexibility index (Phi) is 4.86. The van der Waals surface area contributed by atoms with E-state index in [9.17, 15) is 0 Å². The van der Waals surface area contributed by atoms with Crippen LogP contribution in [0.25, 0.3) is 11.0 Å². The smallest absolute Gasteiger partial charge is 0.138 e. The van der Waals surface area contributed by atoms with Crippen molar-refractivity contribution in [3.05, 3.63) is 88.2 Å². The summed E-state index contributed by atoms with van der Waals surface area (Å²) >= 11 is 5.82. The van der Waals surface area contributed by atoms with Crippen LogP contribution in [0.4, 0.5) is 0 Å². The lowest BCUT2D eigenvalue weighted by Gasteiger charge is -2.05. The Hall–Kier alpha value is -3.16. The molecule has 4 nitrogen and oxygen atoms in total. The molecule has 0 unspecified atom stereocenters. The van der Waals surface area contributed by atoms with Crippen LogP contribution >= 0.6 is 11.6 Å². The van der Waals surface area contributed by atoms with Crippen LogP contribution in [0.5, 0.6) is 0 Å². The van der Waals surface area contributed by atoms with Crippen molar-refractivity contribution in [2.45, 2.75) is 19.3 Å². The Morgan fingerprint density at radius 2 is 1.81 bits per heavy atom. The molecule has 0 saturated heterocycles. The molecule has 0 saturated carbocycles. The standard InChI is InChI=1S/C22H17ClN4/c1-2-17-9-10-24-22-21(17)18(14-27-22)11-16-4-7-19(25-13-16)6-3-15-5-8-20(23)26-12-15/h1,4-5,7-10,12-14H,3,6,11H2,(H,24,27). The minimum absolute atomic E-state index is 0.515. The van der Waals surface area contributed by atoms with E-state index in [1.807, 2.05) is 36.8 Å². The van der Waals surface area contributed by atoms with E-state index < -0.39 is 0 Å². The van der Waals surface area contributed by atoms with Crippen molar-refractivity contribution < 1.29 is 0 Å². The van der Waals surface area contributed by atoms with Gasteiger partial charge in [0.25, 0.3) is 0 Å². The van der Waals surface area contributed by atoms with Gasteiger partial charge in [0, 0.05) is 47.9 Å². The van der Waals surface area contributed by atoms with Gasteiger partial charge in [-0.15, -0.1) is 6.42 Å². The normalized spacial score (nSPS) is 10.8. The van der Waals surface area contributed by atoms with Gasteiger partial charge < -0.3 is 4.98 Å². The van der Waals surface area contributed by atoms with Crippen LogP contribution in [-0.4, -0.2) is 19.9 Å². The summed E-state index contributed by atoms with van der Waals surface area (Å²) in [6.07, 6.45) is 15.6. The number of aryl methyl sites for hydroxylation is 2. The summed E-state index contributed by atoms with van der Waals surface area (Å²) in [5, 5.41) is 1.53. The highest BCUT2D eigenvalue weighted by molar-refractivity contribution is 6.29. The highest BCUT2D eigenvalue weighted by atomic mass is 35.5. The molecule has 4 heterocycles. The zero-order valence-electron chi connectivity index (χ0n) is 14.6. The van der Waals surface area contributed by atoms with Gasteiger partial charge in [0.15, 0.2) is 0 Å². The predicted molar refractivity (Wildman–Crippen MR) is 108 cm³/mol. The van der Waals surface area contributed by atoms with Gasteiger partial charge in [-0.3, -0.25) is 4.98 Å². The molecule has 132 valence electrons. The molecule has 0 fully saturated rings. The summed E-state index contributed by atoms with van der Waals surface area (Å²) in [6, 6.07) is 9.87. The molecule has 0 radical (unpaired) electrons. The van der Waals surface area contributed by atoms with E-state index in [1.54, 1.807) is 6.20 Å². The van der Waals surface area contributed by atoms with Gasteiger partial charge >= 0.3 is 0 Å². The molecule has 4 aromatic rings. The molecular weight excluding hydrogens is 356 g/mol. The van der Waals surface area contributed by atoms with Crippen molar-refractivity contribution >= 4 is 22.6 Å². The Morgan fingerprint density at radius 1 is 0.963 bits per heavy atom. The zero-order valence-corrected chi connectivity index (χ0v) is 15.4. The van der Waals surface area contributed by atoms with Crippen LogP contribution in [0.1, 0.15) is 27.9 Å². The number of hydrogen-bond donors (Lipinski definition) is 1. The summed E-state index contributed by atoms with van der Waals surface area (Å²) in [4.78, 5) is 16.3. The summed E-state index contributed by atoms with van der Waals surface area (Å²) in [5.41, 5.74) is 6.16. The number of nitrogens with zero attached hydrogens (tertiary/aromatic N) is 3. The molecular formula is C22H17ClN4. The maximum absolute atomic E-state index is 5.82. The van der Waals surface area contributed by atoms with E-state index in [0.717, 1.165) is 58.2 Å². The molecule has 0 aliphatic heterocycles. The maximum atomic E-state index is 5.82. The van der Waals surface area contributed by atoms with E-state index in [0.29, 0.717) is 5.15 Å². The second kappa shape index (κ2) is 7.61. The molecule has 1 N–H and O–H groups in total. The van der Waals surface area contributed by atoms with E-state index in [1.165, 1.54) is 0 Å². The number of aromatic amines is 1. The molecule has 5 heteroatoms. The van der Waals surface area contributed by atoms with Crippen molar-refractivity contribution in [3.8, 4) is 12.3 Å². The van der Waals surface area contributed by atoms with Gasteiger partial charge in [0.2, 0.25) is 0 Å². The number of fused-ring (bicyclic) bond motifs is 1. The van der Waals surface area contributed by atoms with Gasteiger partial charge in [0.05, 0.1) is 0 Å². The van der Waals surface area contributed by atoms with Crippen molar-refractivity contribution in [2.75, 3.05) is 0 Å². The lowest BCUT2D eigenvalue weighted by molar-refractivity contribution is 0.902. The second-order valence-electron chi connectivity index (χ2n) is 6.36. The Bertz CT molecular complexity index is 1110. The average molecular weight is 373 g/mol. The fraction of sp³-hybridized carbons (Fsp3) is 0.136. The lowest BCUT2D eigenvalue weighted by Crippen LogP contribution is -1.97. The van der Waals surface area contributed by atoms with E-state index >= 15 is 0 Å². The fourth-order valence-corrected chi connectivity index (χ4v) is 3.25. The molecule has 0 spiro atoms. The molecule has 0 aromatic carbocycles. The molecule has 27 heavy (non-hydrogen) atoms. The maximum Gasteiger partial charge on any atom is 0.138 e. The number of terminal acetylenes is 1. The van der Waals surface area contributed by atoms with Crippen molar-refractivity contribution in [1.29, 1.82) is 0 Å².